The van der Waals surface area contributed by atoms with Crippen molar-refractivity contribution in [2.24, 2.45) is 0 Å². The molecule has 1 aliphatic rings. The van der Waals surface area contributed by atoms with Gasteiger partial charge in [-0.2, -0.15) is 0 Å². The highest BCUT2D eigenvalue weighted by molar-refractivity contribution is 4.73. The molecule has 1 fully saturated rings. The Morgan fingerprint density at radius 3 is 2.64 bits per heavy atom. The maximum atomic E-state index is 9.31. The topological polar surface area (TPSA) is 32.7 Å². The Kier molecular flexibility index (Phi) is 4.35. The number of aliphatic hydroxyl groups is 1. The van der Waals surface area contributed by atoms with Crippen LogP contribution >= 0.6 is 0 Å². The number of likely N-dealkylation sites (tertiary alicyclic amines) is 1. The molecule has 0 aromatic heterocycles. The zero-order valence-corrected chi connectivity index (χ0v) is 9.62. The van der Waals surface area contributed by atoms with Gasteiger partial charge < -0.3 is 14.7 Å². The first kappa shape index (κ1) is 12.0. The normalized spacial score (nSPS) is 24.4. The van der Waals surface area contributed by atoms with Crippen LogP contribution in [-0.2, 0) is 4.74 Å². The minimum atomic E-state index is -0.0986. The molecule has 0 unspecified atom stereocenters. The van der Waals surface area contributed by atoms with Crippen molar-refractivity contribution in [3.63, 3.8) is 0 Å². The van der Waals surface area contributed by atoms with Crippen LogP contribution in [0.15, 0.2) is 0 Å². The first-order valence-electron chi connectivity index (χ1n) is 5.52. The van der Waals surface area contributed by atoms with Crippen LogP contribution in [0.5, 0.6) is 0 Å². The van der Waals surface area contributed by atoms with Crippen LogP contribution in [0.1, 0.15) is 33.6 Å². The van der Waals surface area contributed by atoms with Crippen molar-refractivity contribution in [3.8, 4) is 0 Å². The molecular formula is C11H23NO2. The van der Waals surface area contributed by atoms with Gasteiger partial charge in [0, 0.05) is 26.2 Å². The maximum Gasteiger partial charge on any atom is 0.0679 e. The van der Waals surface area contributed by atoms with E-state index in [2.05, 4.69) is 25.7 Å². The minimum absolute atomic E-state index is 0.0233. The van der Waals surface area contributed by atoms with E-state index in [9.17, 15) is 5.11 Å². The lowest BCUT2D eigenvalue weighted by Crippen LogP contribution is -2.26. The molecular weight excluding hydrogens is 178 g/mol. The second-order valence-electron chi connectivity index (χ2n) is 5.06. The van der Waals surface area contributed by atoms with E-state index < -0.39 is 0 Å². The molecule has 0 bridgehead atoms. The lowest BCUT2D eigenvalue weighted by Gasteiger charge is -2.21. The van der Waals surface area contributed by atoms with Gasteiger partial charge in [-0.3, -0.25) is 0 Å². The third kappa shape index (κ3) is 4.94. The van der Waals surface area contributed by atoms with Crippen molar-refractivity contribution >= 4 is 0 Å². The fourth-order valence-electron chi connectivity index (χ4n) is 1.68. The molecule has 84 valence electrons. The number of β-amino-alcohol motifs (C(OH)–C–C–N with tert-alkyl or cyclic N) is 1. The van der Waals surface area contributed by atoms with Crippen LogP contribution in [0, 0.1) is 0 Å². The lowest BCUT2D eigenvalue weighted by atomic mass is 10.2. The van der Waals surface area contributed by atoms with Crippen molar-refractivity contribution in [2.45, 2.75) is 45.3 Å². The van der Waals surface area contributed by atoms with Crippen molar-refractivity contribution in [2.75, 3.05) is 26.2 Å². The zero-order chi connectivity index (χ0) is 10.6. The average Bonchev–Trinajstić information content (AvgIpc) is 2.44. The summed E-state index contributed by atoms with van der Waals surface area (Å²) in [5, 5.41) is 9.31. The Labute approximate surface area is 87.1 Å². The quantitative estimate of drug-likeness (QED) is 0.695. The minimum Gasteiger partial charge on any atom is -0.392 e. The van der Waals surface area contributed by atoms with Gasteiger partial charge >= 0.3 is 0 Å². The fourth-order valence-corrected chi connectivity index (χ4v) is 1.68. The second kappa shape index (κ2) is 5.10. The smallest absolute Gasteiger partial charge is 0.0679 e. The van der Waals surface area contributed by atoms with E-state index in [1.165, 1.54) is 0 Å². The summed E-state index contributed by atoms with van der Waals surface area (Å²) in [5.41, 5.74) is -0.0233. The summed E-state index contributed by atoms with van der Waals surface area (Å²) < 4.78 is 5.63. The van der Waals surface area contributed by atoms with Gasteiger partial charge in [0.05, 0.1) is 11.7 Å². The molecule has 0 radical (unpaired) electrons. The molecule has 3 heteroatoms. The van der Waals surface area contributed by atoms with Crippen LogP contribution in [0.2, 0.25) is 0 Å². The molecule has 0 saturated carbocycles. The molecule has 3 nitrogen and oxygen atoms in total. The van der Waals surface area contributed by atoms with Crippen molar-refractivity contribution in [1.82, 2.24) is 4.90 Å². The van der Waals surface area contributed by atoms with E-state index in [0.29, 0.717) is 0 Å². The predicted molar refractivity (Wildman–Crippen MR) is 57.4 cm³/mol. The molecule has 0 aromatic rings. The summed E-state index contributed by atoms with van der Waals surface area (Å²) in [7, 11) is 0. The van der Waals surface area contributed by atoms with Crippen LogP contribution < -0.4 is 0 Å². The molecule has 0 amide bonds. The van der Waals surface area contributed by atoms with E-state index in [4.69, 9.17) is 4.74 Å². The molecule has 1 heterocycles. The van der Waals surface area contributed by atoms with Crippen LogP contribution in [0.3, 0.4) is 0 Å². The molecule has 1 N–H and O–H groups in total. The summed E-state index contributed by atoms with van der Waals surface area (Å²) in [5.74, 6) is 0. The van der Waals surface area contributed by atoms with E-state index in [1.54, 1.807) is 0 Å². The summed E-state index contributed by atoms with van der Waals surface area (Å²) in [4.78, 5) is 2.30. The maximum absolute atomic E-state index is 9.31. The summed E-state index contributed by atoms with van der Waals surface area (Å²) in [6.45, 7) is 9.97. The molecule has 1 atom stereocenters. The van der Waals surface area contributed by atoms with Gasteiger partial charge in [0.2, 0.25) is 0 Å². The monoisotopic (exact) mass is 201 g/mol. The Bertz CT molecular complexity index is 165. The Hall–Kier alpha value is -0.120. The largest absolute Gasteiger partial charge is 0.392 e. The van der Waals surface area contributed by atoms with Gasteiger partial charge in [-0.05, 0) is 33.6 Å². The number of nitrogens with zero attached hydrogens (tertiary/aromatic N) is 1. The van der Waals surface area contributed by atoms with E-state index in [0.717, 1.165) is 39.1 Å². The third-order valence-corrected chi connectivity index (χ3v) is 2.40. The first-order chi connectivity index (χ1) is 6.47. The Morgan fingerprint density at radius 1 is 1.43 bits per heavy atom. The Morgan fingerprint density at radius 2 is 2.14 bits per heavy atom. The highest BCUT2D eigenvalue weighted by Crippen LogP contribution is 2.10. The SMILES string of the molecule is CC(C)(C)OCCCN1CC[C@@H](O)C1. The third-order valence-electron chi connectivity index (χ3n) is 2.40. The molecule has 0 aromatic carbocycles. The fraction of sp³-hybridized carbons (Fsp3) is 1.00. The van der Waals surface area contributed by atoms with Crippen molar-refractivity contribution in [1.29, 1.82) is 0 Å². The van der Waals surface area contributed by atoms with Gasteiger partial charge in [0.25, 0.3) is 0 Å². The van der Waals surface area contributed by atoms with Gasteiger partial charge in [-0.15, -0.1) is 0 Å². The summed E-state index contributed by atoms with van der Waals surface area (Å²) in [6.07, 6.45) is 1.89. The summed E-state index contributed by atoms with van der Waals surface area (Å²) in [6, 6.07) is 0. The van der Waals surface area contributed by atoms with Crippen LogP contribution in [-0.4, -0.2) is 48.0 Å². The standard InChI is InChI=1S/C11H23NO2/c1-11(2,3)14-8-4-6-12-7-5-10(13)9-12/h10,13H,4-9H2,1-3H3/t10-/m1/s1. The number of rotatable bonds is 4. The van der Waals surface area contributed by atoms with Crippen LogP contribution in [0.4, 0.5) is 0 Å². The Balaban J connectivity index is 1.99. The molecule has 1 saturated heterocycles. The second-order valence-corrected chi connectivity index (χ2v) is 5.06. The average molecular weight is 201 g/mol. The van der Waals surface area contributed by atoms with Crippen molar-refractivity contribution in [3.05, 3.63) is 0 Å². The van der Waals surface area contributed by atoms with E-state index in [-0.39, 0.29) is 11.7 Å². The lowest BCUT2D eigenvalue weighted by molar-refractivity contribution is -0.00661. The van der Waals surface area contributed by atoms with Crippen molar-refractivity contribution < 1.29 is 9.84 Å². The predicted octanol–water partition coefficient (Wildman–Crippen LogP) is 1.26. The number of aliphatic hydroxyl groups excluding tert-OH is 1. The molecule has 14 heavy (non-hydrogen) atoms. The molecule has 1 rings (SSSR count). The number of ether oxygens (including phenoxy) is 1. The highest BCUT2D eigenvalue weighted by Gasteiger charge is 2.19. The summed E-state index contributed by atoms with van der Waals surface area (Å²) >= 11 is 0. The van der Waals surface area contributed by atoms with Gasteiger partial charge in [0.1, 0.15) is 0 Å². The number of hydrogen-bond donors (Lipinski definition) is 1. The molecule has 0 spiro atoms. The van der Waals surface area contributed by atoms with Crippen LogP contribution in [0.25, 0.3) is 0 Å². The molecule has 0 aliphatic carbocycles. The highest BCUT2D eigenvalue weighted by atomic mass is 16.5. The zero-order valence-electron chi connectivity index (χ0n) is 9.62. The molecule has 1 aliphatic heterocycles. The van der Waals surface area contributed by atoms with E-state index >= 15 is 0 Å². The van der Waals surface area contributed by atoms with Gasteiger partial charge in [-0.25, -0.2) is 0 Å². The first-order valence-corrected chi connectivity index (χ1v) is 5.52. The van der Waals surface area contributed by atoms with Gasteiger partial charge in [0.15, 0.2) is 0 Å². The van der Waals surface area contributed by atoms with Gasteiger partial charge in [-0.1, -0.05) is 0 Å². The van der Waals surface area contributed by atoms with E-state index in [1.807, 2.05) is 0 Å². The number of hydrogen-bond acceptors (Lipinski definition) is 3.